The summed E-state index contributed by atoms with van der Waals surface area (Å²) in [5.41, 5.74) is -0.918. The van der Waals surface area contributed by atoms with Gasteiger partial charge in [0.15, 0.2) is 5.82 Å². The number of amides is 2. The smallest absolute Gasteiger partial charge is 0.323 e. The highest BCUT2D eigenvalue weighted by Gasteiger charge is 2.21. The third-order valence-corrected chi connectivity index (χ3v) is 2.90. The van der Waals surface area contributed by atoms with Gasteiger partial charge in [-0.15, -0.1) is 0 Å². The van der Waals surface area contributed by atoms with Crippen LogP contribution in [0.15, 0.2) is 12.3 Å². The highest BCUT2D eigenvalue weighted by atomic mass is 16.3. The second-order valence-corrected chi connectivity index (χ2v) is 6.02. The molecule has 7 nitrogen and oxygen atoms in total. The van der Waals surface area contributed by atoms with Gasteiger partial charge < -0.3 is 14.9 Å². The quantitative estimate of drug-likeness (QED) is 0.789. The molecule has 0 fully saturated rings. The van der Waals surface area contributed by atoms with Crippen LogP contribution >= 0.6 is 0 Å². The molecule has 0 radical (unpaired) electrons. The summed E-state index contributed by atoms with van der Waals surface area (Å²) in [6.45, 7) is 7.69. The normalized spacial score (nSPS) is 11.8. The maximum Gasteiger partial charge on any atom is 0.323 e. The SMILES string of the molecule is CCN(CC(C)(C)O)C(=O)Nc1ccn(CCN(C)C)n1. The van der Waals surface area contributed by atoms with E-state index in [4.69, 9.17) is 0 Å². The molecule has 1 aromatic heterocycles. The highest BCUT2D eigenvalue weighted by molar-refractivity contribution is 5.88. The van der Waals surface area contributed by atoms with Crippen molar-refractivity contribution in [1.29, 1.82) is 0 Å². The highest BCUT2D eigenvalue weighted by Crippen LogP contribution is 2.08. The Labute approximate surface area is 126 Å². The monoisotopic (exact) mass is 297 g/mol. The number of carbonyl (C=O) groups excluding carboxylic acids is 1. The summed E-state index contributed by atoms with van der Waals surface area (Å²) in [6.07, 6.45) is 1.84. The molecule has 0 atom stereocenters. The minimum Gasteiger partial charge on any atom is -0.389 e. The Kier molecular flexibility index (Phi) is 6.17. The first kappa shape index (κ1) is 17.5. The van der Waals surface area contributed by atoms with Gasteiger partial charge in [0, 0.05) is 25.4 Å². The molecule has 0 unspecified atom stereocenters. The molecule has 120 valence electrons. The van der Waals surface area contributed by atoms with E-state index >= 15 is 0 Å². The lowest BCUT2D eigenvalue weighted by Gasteiger charge is -2.27. The molecule has 21 heavy (non-hydrogen) atoms. The summed E-state index contributed by atoms with van der Waals surface area (Å²) in [5.74, 6) is 0.521. The molecule has 0 aliphatic heterocycles. The first-order valence-electron chi connectivity index (χ1n) is 7.18. The maximum atomic E-state index is 12.1. The largest absolute Gasteiger partial charge is 0.389 e. The lowest BCUT2D eigenvalue weighted by molar-refractivity contribution is 0.0501. The van der Waals surface area contributed by atoms with Crippen molar-refractivity contribution in [2.45, 2.75) is 32.9 Å². The number of anilines is 1. The molecule has 1 heterocycles. The van der Waals surface area contributed by atoms with E-state index in [1.54, 1.807) is 29.5 Å². The molecule has 1 rings (SSSR count). The van der Waals surface area contributed by atoms with Gasteiger partial charge in [0.25, 0.3) is 0 Å². The summed E-state index contributed by atoms with van der Waals surface area (Å²) in [6, 6.07) is 1.52. The number of hydrogen-bond acceptors (Lipinski definition) is 4. The van der Waals surface area contributed by atoms with Crippen LogP contribution < -0.4 is 5.32 Å². The zero-order valence-corrected chi connectivity index (χ0v) is 13.6. The van der Waals surface area contributed by atoms with E-state index in [1.807, 2.05) is 27.2 Å². The number of hydrogen-bond donors (Lipinski definition) is 2. The van der Waals surface area contributed by atoms with E-state index in [1.165, 1.54) is 0 Å². The van der Waals surface area contributed by atoms with E-state index in [0.29, 0.717) is 12.4 Å². The Morgan fingerprint density at radius 3 is 2.67 bits per heavy atom. The number of urea groups is 1. The van der Waals surface area contributed by atoms with Crippen molar-refractivity contribution in [2.75, 3.05) is 39.0 Å². The standard InChI is InChI=1S/C14H27N5O2/c1-6-18(11-14(2,3)21)13(20)15-12-7-8-19(16-12)10-9-17(4)5/h7-8,21H,6,9-11H2,1-5H3,(H,15,16,20). The van der Waals surface area contributed by atoms with Crippen LogP contribution in [0.5, 0.6) is 0 Å². The van der Waals surface area contributed by atoms with Gasteiger partial charge in [-0.05, 0) is 34.9 Å². The van der Waals surface area contributed by atoms with Crippen LogP contribution in [0.4, 0.5) is 10.6 Å². The maximum absolute atomic E-state index is 12.1. The number of rotatable bonds is 7. The fourth-order valence-corrected chi connectivity index (χ4v) is 1.84. The third kappa shape index (κ3) is 6.59. The topological polar surface area (TPSA) is 73.6 Å². The number of nitrogens with one attached hydrogen (secondary N) is 1. The zero-order chi connectivity index (χ0) is 16.0. The second kappa shape index (κ2) is 7.42. The van der Waals surface area contributed by atoms with E-state index < -0.39 is 5.60 Å². The Hall–Kier alpha value is -1.60. The first-order chi connectivity index (χ1) is 9.71. The molecule has 0 bridgehead atoms. The molecule has 0 aliphatic carbocycles. The molecule has 0 saturated carbocycles. The number of carbonyl (C=O) groups is 1. The predicted octanol–water partition coefficient (Wildman–Crippen LogP) is 1.07. The molecule has 0 aliphatic rings. The van der Waals surface area contributed by atoms with Gasteiger partial charge in [-0.3, -0.25) is 10.00 Å². The van der Waals surface area contributed by atoms with E-state index in [0.717, 1.165) is 13.1 Å². The lowest BCUT2D eigenvalue weighted by atomic mass is 10.1. The van der Waals surface area contributed by atoms with Gasteiger partial charge in [0.1, 0.15) is 0 Å². The van der Waals surface area contributed by atoms with E-state index in [2.05, 4.69) is 15.3 Å². The van der Waals surface area contributed by atoms with Crippen molar-refractivity contribution in [3.8, 4) is 0 Å². The van der Waals surface area contributed by atoms with Crippen molar-refractivity contribution in [2.24, 2.45) is 0 Å². The number of nitrogens with zero attached hydrogens (tertiary/aromatic N) is 4. The van der Waals surface area contributed by atoms with Crippen LogP contribution in [-0.4, -0.2) is 70.0 Å². The molecule has 7 heteroatoms. The van der Waals surface area contributed by atoms with Crippen LogP contribution in [0, 0.1) is 0 Å². The second-order valence-electron chi connectivity index (χ2n) is 6.02. The van der Waals surface area contributed by atoms with Crippen molar-refractivity contribution in [3.63, 3.8) is 0 Å². The number of aromatic nitrogens is 2. The van der Waals surface area contributed by atoms with Crippen molar-refractivity contribution in [3.05, 3.63) is 12.3 Å². The van der Waals surface area contributed by atoms with Gasteiger partial charge in [-0.2, -0.15) is 5.10 Å². The minimum absolute atomic E-state index is 0.252. The fourth-order valence-electron chi connectivity index (χ4n) is 1.84. The Balaban J connectivity index is 2.57. The molecule has 0 aromatic carbocycles. The summed E-state index contributed by atoms with van der Waals surface area (Å²) in [7, 11) is 4.00. The van der Waals surface area contributed by atoms with Crippen LogP contribution in [0.2, 0.25) is 0 Å². The lowest BCUT2D eigenvalue weighted by Crippen LogP contribution is -2.44. The van der Waals surface area contributed by atoms with Gasteiger partial charge in [0.2, 0.25) is 0 Å². The Morgan fingerprint density at radius 2 is 2.14 bits per heavy atom. The number of likely N-dealkylation sites (N-methyl/N-ethyl adjacent to an activating group) is 2. The van der Waals surface area contributed by atoms with Crippen LogP contribution in [-0.2, 0) is 6.54 Å². The van der Waals surface area contributed by atoms with Gasteiger partial charge in [0.05, 0.1) is 18.7 Å². The summed E-state index contributed by atoms with van der Waals surface area (Å²) in [5, 5.41) is 16.9. The molecule has 0 spiro atoms. The van der Waals surface area contributed by atoms with Crippen molar-refractivity contribution >= 4 is 11.8 Å². The summed E-state index contributed by atoms with van der Waals surface area (Å²) in [4.78, 5) is 15.8. The predicted molar refractivity (Wildman–Crippen MR) is 83.3 cm³/mol. The van der Waals surface area contributed by atoms with Crippen molar-refractivity contribution in [1.82, 2.24) is 19.6 Å². The van der Waals surface area contributed by atoms with Crippen LogP contribution in [0.3, 0.4) is 0 Å². The van der Waals surface area contributed by atoms with Crippen molar-refractivity contribution < 1.29 is 9.90 Å². The fraction of sp³-hybridized carbons (Fsp3) is 0.714. The average Bonchev–Trinajstić information content (AvgIpc) is 2.80. The molecule has 2 N–H and O–H groups in total. The molecule has 2 amide bonds. The van der Waals surface area contributed by atoms with Gasteiger partial charge >= 0.3 is 6.03 Å². The average molecular weight is 297 g/mol. The molecular weight excluding hydrogens is 270 g/mol. The van der Waals surface area contributed by atoms with Crippen LogP contribution in [0.1, 0.15) is 20.8 Å². The Bertz CT molecular complexity index is 450. The summed E-state index contributed by atoms with van der Waals surface area (Å²) < 4.78 is 1.79. The van der Waals surface area contributed by atoms with E-state index in [9.17, 15) is 9.90 Å². The van der Waals surface area contributed by atoms with Gasteiger partial charge in [-0.25, -0.2) is 4.79 Å². The van der Waals surface area contributed by atoms with Crippen LogP contribution in [0.25, 0.3) is 0 Å². The minimum atomic E-state index is -0.918. The first-order valence-corrected chi connectivity index (χ1v) is 7.18. The zero-order valence-electron chi connectivity index (χ0n) is 13.6. The van der Waals surface area contributed by atoms with E-state index in [-0.39, 0.29) is 12.6 Å². The molecule has 0 saturated heterocycles. The Morgan fingerprint density at radius 1 is 1.48 bits per heavy atom. The van der Waals surface area contributed by atoms with Gasteiger partial charge in [-0.1, -0.05) is 0 Å². The molecule has 1 aromatic rings. The summed E-state index contributed by atoms with van der Waals surface area (Å²) >= 11 is 0. The molecular formula is C14H27N5O2. The number of aliphatic hydroxyl groups is 1. The third-order valence-electron chi connectivity index (χ3n) is 2.90.